The van der Waals surface area contributed by atoms with Crippen molar-refractivity contribution < 1.29 is 19.1 Å². The van der Waals surface area contributed by atoms with Crippen LogP contribution < -0.4 is 5.32 Å². The van der Waals surface area contributed by atoms with Gasteiger partial charge >= 0.3 is 5.97 Å². The third-order valence-corrected chi connectivity index (χ3v) is 5.59. The summed E-state index contributed by atoms with van der Waals surface area (Å²) in [6, 6.07) is 12.7. The number of para-hydroxylation sites is 1. The summed E-state index contributed by atoms with van der Waals surface area (Å²) in [5.74, 6) is -1.27. The van der Waals surface area contributed by atoms with Gasteiger partial charge in [-0.15, -0.1) is 0 Å². The van der Waals surface area contributed by atoms with E-state index in [1.54, 1.807) is 25.1 Å². The van der Waals surface area contributed by atoms with Crippen LogP contribution in [0.2, 0.25) is 0 Å². The van der Waals surface area contributed by atoms with E-state index >= 15 is 0 Å². The standard InChI is InChI=1S/C24H22N2O4/c1-4-18-22(13(2)16-7-5-6-8-19(16)25-18)24(29)30-12-21(27)15-9-10-20-17(11-15)14(3)23(28)26-20/h5-11,14H,4,12H2,1-3H3,(H,26,28)/t14-/m1/s1. The summed E-state index contributed by atoms with van der Waals surface area (Å²) in [4.78, 5) is 41.8. The average Bonchev–Trinajstić information content (AvgIpc) is 3.04. The number of ketones is 1. The highest BCUT2D eigenvalue weighted by atomic mass is 16.5. The van der Waals surface area contributed by atoms with Crippen LogP contribution in [0.1, 0.15) is 57.3 Å². The third kappa shape index (κ3) is 3.34. The van der Waals surface area contributed by atoms with Crippen molar-refractivity contribution in [2.45, 2.75) is 33.1 Å². The number of aromatic nitrogens is 1. The molecular formula is C24H22N2O4. The Morgan fingerprint density at radius 3 is 2.70 bits per heavy atom. The van der Waals surface area contributed by atoms with Gasteiger partial charge in [0.25, 0.3) is 0 Å². The third-order valence-electron chi connectivity index (χ3n) is 5.59. The molecule has 1 atom stereocenters. The van der Waals surface area contributed by atoms with Gasteiger partial charge in [0.2, 0.25) is 5.91 Å². The minimum atomic E-state index is -0.553. The van der Waals surface area contributed by atoms with E-state index in [1.165, 1.54) is 0 Å². The summed E-state index contributed by atoms with van der Waals surface area (Å²) in [5, 5.41) is 3.66. The molecule has 6 nitrogen and oxygen atoms in total. The van der Waals surface area contributed by atoms with Gasteiger partial charge in [-0.05, 0) is 55.7 Å². The van der Waals surface area contributed by atoms with Gasteiger partial charge in [0.05, 0.1) is 22.7 Å². The van der Waals surface area contributed by atoms with E-state index in [1.807, 2.05) is 38.1 Å². The number of nitrogens with zero attached hydrogens (tertiary/aromatic N) is 1. The van der Waals surface area contributed by atoms with E-state index in [-0.39, 0.29) is 24.2 Å². The number of pyridine rings is 1. The zero-order valence-electron chi connectivity index (χ0n) is 17.1. The normalized spacial score (nSPS) is 15.0. The first-order valence-corrected chi connectivity index (χ1v) is 9.94. The van der Waals surface area contributed by atoms with Crippen molar-refractivity contribution in [3.8, 4) is 0 Å². The second kappa shape index (κ2) is 7.71. The number of hydrogen-bond acceptors (Lipinski definition) is 5. The Balaban J connectivity index is 1.55. The number of amides is 1. The van der Waals surface area contributed by atoms with E-state index in [0.717, 1.165) is 22.0 Å². The largest absolute Gasteiger partial charge is 0.454 e. The maximum atomic E-state index is 12.8. The van der Waals surface area contributed by atoms with Crippen molar-refractivity contribution in [3.63, 3.8) is 0 Å². The molecule has 1 amide bonds. The lowest BCUT2D eigenvalue weighted by atomic mass is 9.99. The molecule has 0 unspecified atom stereocenters. The first kappa shape index (κ1) is 19.8. The van der Waals surface area contributed by atoms with E-state index in [4.69, 9.17) is 4.74 Å². The first-order valence-electron chi connectivity index (χ1n) is 9.94. The van der Waals surface area contributed by atoms with Crippen molar-refractivity contribution in [2.24, 2.45) is 0 Å². The van der Waals surface area contributed by atoms with Gasteiger partial charge in [-0.1, -0.05) is 25.1 Å². The number of nitrogens with one attached hydrogen (secondary N) is 1. The number of anilines is 1. The molecule has 1 N–H and O–H groups in total. The zero-order chi connectivity index (χ0) is 21.4. The highest BCUT2D eigenvalue weighted by molar-refractivity contribution is 6.05. The summed E-state index contributed by atoms with van der Waals surface area (Å²) >= 11 is 0. The Morgan fingerprint density at radius 2 is 1.93 bits per heavy atom. The van der Waals surface area contributed by atoms with Crippen LogP contribution >= 0.6 is 0 Å². The molecule has 2 heterocycles. The summed E-state index contributed by atoms with van der Waals surface area (Å²) in [6.07, 6.45) is 0.577. The minimum Gasteiger partial charge on any atom is -0.454 e. The number of aryl methyl sites for hydroxylation is 2. The van der Waals surface area contributed by atoms with Gasteiger partial charge in [0.15, 0.2) is 12.4 Å². The monoisotopic (exact) mass is 402 g/mol. The van der Waals surface area contributed by atoms with Crippen LogP contribution in [0.15, 0.2) is 42.5 Å². The summed E-state index contributed by atoms with van der Waals surface area (Å²) in [6.45, 7) is 5.22. The van der Waals surface area contributed by atoms with Crippen molar-refractivity contribution in [1.29, 1.82) is 0 Å². The molecule has 0 saturated carbocycles. The van der Waals surface area contributed by atoms with Gasteiger partial charge < -0.3 is 10.1 Å². The number of fused-ring (bicyclic) bond motifs is 2. The molecule has 1 aliphatic rings. The Morgan fingerprint density at radius 1 is 1.17 bits per heavy atom. The summed E-state index contributed by atoms with van der Waals surface area (Å²) in [5.41, 5.74) is 4.60. The Labute approximate surface area is 174 Å². The van der Waals surface area contributed by atoms with Crippen LogP contribution in [0.25, 0.3) is 10.9 Å². The fourth-order valence-electron chi connectivity index (χ4n) is 3.84. The Kier molecular flexibility index (Phi) is 5.08. The second-order valence-electron chi connectivity index (χ2n) is 7.44. The van der Waals surface area contributed by atoms with E-state index < -0.39 is 5.97 Å². The first-order chi connectivity index (χ1) is 14.4. The number of ether oxygens (including phenoxy) is 1. The molecule has 1 aromatic heterocycles. The summed E-state index contributed by atoms with van der Waals surface area (Å²) in [7, 11) is 0. The van der Waals surface area contributed by atoms with Crippen LogP contribution in [-0.2, 0) is 16.0 Å². The van der Waals surface area contributed by atoms with Gasteiger partial charge in [-0.3, -0.25) is 14.6 Å². The van der Waals surface area contributed by atoms with E-state index in [0.29, 0.717) is 28.9 Å². The minimum absolute atomic E-state index is 0.0904. The molecule has 0 radical (unpaired) electrons. The van der Waals surface area contributed by atoms with Crippen molar-refractivity contribution in [2.75, 3.05) is 11.9 Å². The van der Waals surface area contributed by atoms with Gasteiger partial charge in [-0.25, -0.2) is 4.79 Å². The van der Waals surface area contributed by atoms with Crippen LogP contribution in [0.4, 0.5) is 5.69 Å². The lowest BCUT2D eigenvalue weighted by Crippen LogP contribution is -2.17. The van der Waals surface area contributed by atoms with Crippen molar-refractivity contribution >= 4 is 34.3 Å². The van der Waals surface area contributed by atoms with Crippen LogP contribution in [0.5, 0.6) is 0 Å². The number of carbonyl (C=O) groups is 3. The Hall–Kier alpha value is -3.54. The van der Waals surface area contributed by atoms with Gasteiger partial charge in [-0.2, -0.15) is 0 Å². The smallest absolute Gasteiger partial charge is 0.340 e. The fraction of sp³-hybridized carbons (Fsp3) is 0.250. The molecule has 0 bridgehead atoms. The molecule has 1 aliphatic heterocycles. The SMILES string of the molecule is CCc1nc2ccccc2c(C)c1C(=O)OCC(=O)c1ccc2c(c1)[C@@H](C)C(=O)N2. The topological polar surface area (TPSA) is 85.4 Å². The molecule has 0 aliphatic carbocycles. The number of rotatable bonds is 5. The Bertz CT molecular complexity index is 1200. The molecule has 30 heavy (non-hydrogen) atoms. The number of benzene rings is 2. The highest BCUT2D eigenvalue weighted by Gasteiger charge is 2.27. The van der Waals surface area contributed by atoms with Gasteiger partial charge in [0, 0.05) is 16.6 Å². The molecule has 152 valence electrons. The second-order valence-corrected chi connectivity index (χ2v) is 7.44. The molecule has 0 saturated heterocycles. The predicted octanol–water partition coefficient (Wildman–Crippen LogP) is 4.20. The molecular weight excluding hydrogens is 380 g/mol. The number of Topliss-reactive ketones (excluding diaryl/α,β-unsaturated/α-hetero) is 1. The molecule has 0 fully saturated rings. The zero-order valence-corrected chi connectivity index (χ0v) is 17.1. The van der Waals surface area contributed by atoms with Crippen molar-refractivity contribution in [1.82, 2.24) is 4.98 Å². The van der Waals surface area contributed by atoms with E-state index in [2.05, 4.69) is 10.3 Å². The number of hydrogen-bond donors (Lipinski definition) is 1. The van der Waals surface area contributed by atoms with E-state index in [9.17, 15) is 14.4 Å². The number of esters is 1. The molecule has 0 spiro atoms. The molecule has 3 aromatic rings. The average molecular weight is 402 g/mol. The lowest BCUT2D eigenvalue weighted by Gasteiger charge is -2.13. The lowest BCUT2D eigenvalue weighted by molar-refractivity contribution is -0.116. The molecule has 4 rings (SSSR count). The maximum absolute atomic E-state index is 12.8. The molecule has 6 heteroatoms. The highest BCUT2D eigenvalue weighted by Crippen LogP contribution is 2.32. The van der Waals surface area contributed by atoms with Crippen molar-refractivity contribution in [3.05, 3.63) is 70.4 Å². The van der Waals surface area contributed by atoms with Gasteiger partial charge in [0.1, 0.15) is 0 Å². The van der Waals surface area contributed by atoms with Crippen LogP contribution in [0.3, 0.4) is 0 Å². The van der Waals surface area contributed by atoms with Crippen LogP contribution in [-0.4, -0.2) is 29.3 Å². The summed E-state index contributed by atoms with van der Waals surface area (Å²) < 4.78 is 5.37. The fourth-order valence-corrected chi connectivity index (χ4v) is 3.84. The number of carbonyl (C=O) groups excluding carboxylic acids is 3. The predicted molar refractivity (Wildman–Crippen MR) is 114 cm³/mol. The van der Waals surface area contributed by atoms with Crippen LogP contribution in [0, 0.1) is 6.92 Å². The quantitative estimate of drug-likeness (QED) is 0.511. The molecule has 2 aromatic carbocycles. The maximum Gasteiger partial charge on any atom is 0.340 e.